The molecular weight excluding hydrogens is 542 g/mol. The summed E-state index contributed by atoms with van der Waals surface area (Å²) in [6, 6.07) is 47.1. The van der Waals surface area contributed by atoms with E-state index in [4.69, 9.17) is 18.8 Å². The molecule has 0 radical (unpaired) electrons. The molecule has 5 nitrogen and oxygen atoms in total. The summed E-state index contributed by atoms with van der Waals surface area (Å²) in [6.07, 6.45) is 0. The number of hydrogen-bond donors (Lipinski definition) is 0. The molecule has 0 atom stereocenters. The lowest BCUT2D eigenvalue weighted by atomic mass is 10.0. The summed E-state index contributed by atoms with van der Waals surface area (Å²) in [5, 5.41) is 3.25. The van der Waals surface area contributed by atoms with Crippen LogP contribution in [-0.2, 0) is 0 Å². The number of rotatable bonds is 4. The summed E-state index contributed by atoms with van der Waals surface area (Å²) in [6.45, 7) is 0. The van der Waals surface area contributed by atoms with Crippen molar-refractivity contribution in [1.29, 1.82) is 0 Å². The predicted octanol–water partition coefficient (Wildman–Crippen LogP) is 10.3. The normalized spacial score (nSPS) is 11.6. The zero-order valence-corrected chi connectivity index (χ0v) is 23.4. The van der Waals surface area contributed by atoms with Gasteiger partial charge in [-0.3, -0.25) is 0 Å². The standard InChI is InChI=1S/C39H23N3O2/c1-3-9-32-30(8-1)37(25-15-19-27(20-16-25)39-41-33-10-4-6-12-36(33)44-39)42-38(40-32)26-17-13-24(14-18-26)28-21-22-35-31(23-28)29-7-2-5-11-34(29)43-35/h1-23H. The van der Waals surface area contributed by atoms with Crippen molar-refractivity contribution in [2.24, 2.45) is 0 Å². The maximum Gasteiger partial charge on any atom is 0.227 e. The first-order chi connectivity index (χ1) is 21.8. The average Bonchev–Trinajstić information content (AvgIpc) is 3.69. The molecule has 206 valence electrons. The molecule has 0 aliphatic rings. The highest BCUT2D eigenvalue weighted by Crippen LogP contribution is 2.34. The highest BCUT2D eigenvalue weighted by atomic mass is 16.3. The lowest BCUT2D eigenvalue weighted by molar-refractivity contribution is 0.620. The summed E-state index contributed by atoms with van der Waals surface area (Å²) in [5.74, 6) is 1.29. The van der Waals surface area contributed by atoms with E-state index in [-0.39, 0.29) is 0 Å². The molecule has 5 heteroatoms. The number of nitrogens with zero attached hydrogens (tertiary/aromatic N) is 3. The molecule has 0 N–H and O–H groups in total. The fourth-order valence-electron chi connectivity index (χ4n) is 5.91. The second-order valence-electron chi connectivity index (χ2n) is 10.9. The van der Waals surface area contributed by atoms with Crippen molar-refractivity contribution in [2.75, 3.05) is 0 Å². The Morgan fingerprint density at radius 3 is 1.80 bits per heavy atom. The highest BCUT2D eigenvalue weighted by Gasteiger charge is 2.14. The number of furan rings is 1. The minimum Gasteiger partial charge on any atom is -0.456 e. The maximum absolute atomic E-state index is 6.02. The van der Waals surface area contributed by atoms with Gasteiger partial charge in [-0.05, 0) is 59.7 Å². The van der Waals surface area contributed by atoms with Crippen LogP contribution in [0.15, 0.2) is 148 Å². The lowest BCUT2D eigenvalue weighted by Crippen LogP contribution is -1.95. The molecule has 0 amide bonds. The Kier molecular flexibility index (Phi) is 5.43. The van der Waals surface area contributed by atoms with Crippen LogP contribution < -0.4 is 0 Å². The maximum atomic E-state index is 6.02. The molecule has 9 rings (SSSR count). The Morgan fingerprint density at radius 1 is 0.364 bits per heavy atom. The summed E-state index contributed by atoms with van der Waals surface area (Å²) in [5.41, 5.74) is 10.3. The Hall–Kier alpha value is -6.07. The van der Waals surface area contributed by atoms with Crippen molar-refractivity contribution >= 4 is 43.9 Å². The van der Waals surface area contributed by atoms with E-state index < -0.39 is 0 Å². The summed E-state index contributed by atoms with van der Waals surface area (Å²) in [4.78, 5) is 14.7. The zero-order valence-electron chi connectivity index (χ0n) is 23.4. The van der Waals surface area contributed by atoms with E-state index in [1.807, 2.05) is 78.9 Å². The van der Waals surface area contributed by atoms with Crippen LogP contribution in [-0.4, -0.2) is 15.0 Å². The van der Waals surface area contributed by atoms with Gasteiger partial charge in [-0.25, -0.2) is 15.0 Å². The van der Waals surface area contributed by atoms with Gasteiger partial charge >= 0.3 is 0 Å². The van der Waals surface area contributed by atoms with Crippen LogP contribution in [0, 0.1) is 0 Å². The Morgan fingerprint density at radius 2 is 0.977 bits per heavy atom. The first kappa shape index (κ1) is 24.5. The van der Waals surface area contributed by atoms with Gasteiger partial charge in [-0.2, -0.15) is 0 Å². The highest BCUT2D eigenvalue weighted by molar-refractivity contribution is 6.06. The molecule has 0 saturated heterocycles. The third-order valence-corrected chi connectivity index (χ3v) is 8.16. The second-order valence-corrected chi connectivity index (χ2v) is 10.9. The molecule has 0 fully saturated rings. The molecule has 0 spiro atoms. The number of benzene rings is 6. The molecule has 0 saturated carbocycles. The number of hydrogen-bond acceptors (Lipinski definition) is 5. The van der Waals surface area contributed by atoms with Gasteiger partial charge in [0.05, 0.1) is 11.2 Å². The van der Waals surface area contributed by atoms with E-state index >= 15 is 0 Å². The third kappa shape index (κ3) is 4.06. The third-order valence-electron chi connectivity index (χ3n) is 8.16. The first-order valence-corrected chi connectivity index (χ1v) is 14.5. The van der Waals surface area contributed by atoms with E-state index in [9.17, 15) is 0 Å². The van der Waals surface area contributed by atoms with Crippen molar-refractivity contribution in [3.05, 3.63) is 140 Å². The Balaban J connectivity index is 1.08. The predicted molar refractivity (Wildman–Crippen MR) is 176 cm³/mol. The fraction of sp³-hybridized carbons (Fsp3) is 0. The van der Waals surface area contributed by atoms with Crippen molar-refractivity contribution in [2.45, 2.75) is 0 Å². The van der Waals surface area contributed by atoms with Crippen LogP contribution >= 0.6 is 0 Å². The van der Waals surface area contributed by atoms with Crippen molar-refractivity contribution in [1.82, 2.24) is 15.0 Å². The molecule has 0 bridgehead atoms. The van der Waals surface area contributed by atoms with E-state index in [1.165, 1.54) is 0 Å². The number of para-hydroxylation sites is 4. The topological polar surface area (TPSA) is 65.0 Å². The molecule has 44 heavy (non-hydrogen) atoms. The van der Waals surface area contributed by atoms with E-state index in [2.05, 4.69) is 65.6 Å². The number of aromatic nitrogens is 3. The van der Waals surface area contributed by atoms with Gasteiger partial charge in [0.25, 0.3) is 0 Å². The molecular formula is C39H23N3O2. The summed E-state index contributed by atoms with van der Waals surface area (Å²) < 4.78 is 12.0. The molecule has 0 unspecified atom stereocenters. The van der Waals surface area contributed by atoms with Crippen molar-refractivity contribution in [3.63, 3.8) is 0 Å². The molecule has 0 aliphatic heterocycles. The lowest BCUT2D eigenvalue weighted by Gasteiger charge is -2.10. The molecule has 3 heterocycles. The second kappa shape index (κ2) is 9.75. The monoisotopic (exact) mass is 565 g/mol. The summed E-state index contributed by atoms with van der Waals surface area (Å²) in [7, 11) is 0. The minimum absolute atomic E-state index is 0.603. The summed E-state index contributed by atoms with van der Waals surface area (Å²) >= 11 is 0. The van der Waals surface area contributed by atoms with Gasteiger partial charge in [-0.15, -0.1) is 0 Å². The SMILES string of the molecule is c1ccc2oc(-c3ccc(-c4nc(-c5ccc(-c6ccc7oc8ccccc8c7c6)cc5)nc5ccccc45)cc3)nc2c1. The van der Waals surface area contributed by atoms with Crippen molar-refractivity contribution in [3.8, 4) is 45.2 Å². The minimum atomic E-state index is 0.603. The van der Waals surface area contributed by atoms with E-state index in [0.29, 0.717) is 11.7 Å². The average molecular weight is 566 g/mol. The quantitative estimate of drug-likeness (QED) is 0.212. The van der Waals surface area contributed by atoms with Gasteiger partial charge in [0.2, 0.25) is 5.89 Å². The number of fused-ring (bicyclic) bond motifs is 5. The smallest absolute Gasteiger partial charge is 0.227 e. The first-order valence-electron chi connectivity index (χ1n) is 14.5. The van der Waals surface area contributed by atoms with Crippen LogP contribution in [0.25, 0.3) is 89.2 Å². The van der Waals surface area contributed by atoms with Crippen molar-refractivity contribution < 1.29 is 8.83 Å². The van der Waals surface area contributed by atoms with Crippen LogP contribution in [0.2, 0.25) is 0 Å². The number of oxazole rings is 1. The van der Waals surface area contributed by atoms with Gasteiger partial charge in [0.15, 0.2) is 11.4 Å². The van der Waals surface area contributed by atoms with Crippen LogP contribution in [0.1, 0.15) is 0 Å². The molecule has 9 aromatic rings. The zero-order chi connectivity index (χ0) is 29.0. The van der Waals surface area contributed by atoms with Gasteiger partial charge in [0.1, 0.15) is 16.7 Å². The van der Waals surface area contributed by atoms with E-state index in [0.717, 1.165) is 77.5 Å². The fourth-order valence-corrected chi connectivity index (χ4v) is 5.91. The Bertz CT molecular complexity index is 2460. The molecule has 6 aromatic carbocycles. The van der Waals surface area contributed by atoms with E-state index in [1.54, 1.807) is 0 Å². The van der Waals surface area contributed by atoms with Crippen LogP contribution in [0.3, 0.4) is 0 Å². The van der Waals surface area contributed by atoms with Gasteiger partial charge in [-0.1, -0.05) is 91.0 Å². The largest absolute Gasteiger partial charge is 0.456 e. The van der Waals surface area contributed by atoms with Crippen LogP contribution in [0.5, 0.6) is 0 Å². The Labute approximate surface area is 252 Å². The van der Waals surface area contributed by atoms with Crippen LogP contribution in [0.4, 0.5) is 0 Å². The molecule has 3 aromatic heterocycles. The van der Waals surface area contributed by atoms with Gasteiger partial charge in [0, 0.05) is 32.8 Å². The molecule has 0 aliphatic carbocycles. The van der Waals surface area contributed by atoms with Gasteiger partial charge < -0.3 is 8.83 Å².